The maximum Gasteiger partial charge on any atom is 0.289 e. The van der Waals surface area contributed by atoms with Crippen LogP contribution in [-0.2, 0) is 6.54 Å². The van der Waals surface area contributed by atoms with Crippen molar-refractivity contribution in [2.24, 2.45) is 0 Å². The van der Waals surface area contributed by atoms with Crippen LogP contribution in [-0.4, -0.2) is 31.4 Å². The molecular weight excluding hydrogens is 262 g/mol. The molecule has 2 aromatic rings. The highest BCUT2D eigenvalue weighted by Crippen LogP contribution is 2.17. The highest BCUT2D eigenvalue weighted by atomic mass is 16.6. The summed E-state index contributed by atoms with van der Waals surface area (Å²) in [6.07, 6.45) is 5.23. The first-order chi connectivity index (χ1) is 9.70. The fourth-order valence-corrected chi connectivity index (χ4v) is 1.58. The molecule has 0 saturated heterocycles. The van der Waals surface area contributed by atoms with E-state index in [4.69, 9.17) is 5.26 Å². The Morgan fingerprint density at radius 1 is 1.55 bits per heavy atom. The number of nitrogens with zero attached hydrogens (tertiary/aromatic N) is 6. The molecule has 0 aliphatic rings. The standard InChI is InChI=1S/C11H11N7O2/c12-7-9-6-10(18(19)20)8-14-11(9)13-2-1-4-17-5-3-15-16-17/h3,5-6,8H,1-2,4H2,(H,13,14). The lowest BCUT2D eigenvalue weighted by Gasteiger charge is -2.06. The van der Waals surface area contributed by atoms with Crippen molar-refractivity contribution in [1.29, 1.82) is 5.26 Å². The van der Waals surface area contributed by atoms with Gasteiger partial charge in [0.2, 0.25) is 0 Å². The second kappa shape index (κ2) is 6.24. The molecule has 0 amide bonds. The molecule has 102 valence electrons. The molecule has 0 aliphatic carbocycles. The first kappa shape index (κ1) is 13.4. The van der Waals surface area contributed by atoms with E-state index in [0.29, 0.717) is 18.9 Å². The monoisotopic (exact) mass is 273 g/mol. The Kier molecular flexibility index (Phi) is 4.18. The van der Waals surface area contributed by atoms with Crippen molar-refractivity contribution in [3.8, 4) is 6.07 Å². The molecule has 0 aromatic carbocycles. The minimum absolute atomic E-state index is 0.153. The predicted octanol–water partition coefficient (Wildman–Crippen LogP) is 0.955. The van der Waals surface area contributed by atoms with E-state index in [1.165, 1.54) is 6.07 Å². The third-order valence-electron chi connectivity index (χ3n) is 2.53. The van der Waals surface area contributed by atoms with Gasteiger partial charge in [0.25, 0.3) is 5.69 Å². The van der Waals surface area contributed by atoms with Gasteiger partial charge in [-0.2, -0.15) is 5.26 Å². The molecule has 9 nitrogen and oxygen atoms in total. The number of nitro groups is 1. The fourth-order valence-electron chi connectivity index (χ4n) is 1.58. The van der Waals surface area contributed by atoms with E-state index in [9.17, 15) is 10.1 Å². The molecule has 20 heavy (non-hydrogen) atoms. The largest absolute Gasteiger partial charge is 0.369 e. The van der Waals surface area contributed by atoms with Gasteiger partial charge in [0.1, 0.15) is 23.6 Å². The van der Waals surface area contributed by atoms with Crippen LogP contribution in [0.25, 0.3) is 0 Å². The fraction of sp³-hybridized carbons (Fsp3) is 0.273. The zero-order valence-electron chi connectivity index (χ0n) is 10.4. The van der Waals surface area contributed by atoms with Gasteiger partial charge in [0.05, 0.1) is 11.1 Å². The van der Waals surface area contributed by atoms with Gasteiger partial charge in [-0.25, -0.2) is 4.98 Å². The summed E-state index contributed by atoms with van der Waals surface area (Å²) in [5, 5.41) is 30.0. The Balaban J connectivity index is 1.92. The van der Waals surface area contributed by atoms with Gasteiger partial charge in [-0.1, -0.05) is 5.21 Å². The highest BCUT2D eigenvalue weighted by molar-refractivity contribution is 5.55. The Hall–Kier alpha value is -3.02. The average molecular weight is 273 g/mol. The summed E-state index contributed by atoms with van der Waals surface area (Å²) in [4.78, 5) is 13.9. The van der Waals surface area contributed by atoms with Crippen LogP contribution in [0.3, 0.4) is 0 Å². The van der Waals surface area contributed by atoms with Gasteiger partial charge < -0.3 is 5.32 Å². The van der Waals surface area contributed by atoms with Crippen LogP contribution in [0.2, 0.25) is 0 Å². The van der Waals surface area contributed by atoms with E-state index in [2.05, 4.69) is 20.6 Å². The van der Waals surface area contributed by atoms with Gasteiger partial charge in [-0.05, 0) is 6.42 Å². The molecular formula is C11H11N7O2. The lowest BCUT2D eigenvalue weighted by molar-refractivity contribution is -0.385. The lowest BCUT2D eigenvalue weighted by Crippen LogP contribution is -2.09. The first-order valence-electron chi connectivity index (χ1n) is 5.83. The third-order valence-corrected chi connectivity index (χ3v) is 2.53. The molecule has 0 unspecified atom stereocenters. The van der Waals surface area contributed by atoms with Crippen molar-refractivity contribution in [1.82, 2.24) is 20.0 Å². The topological polar surface area (TPSA) is 123 Å². The number of aryl methyl sites for hydroxylation is 1. The Morgan fingerprint density at radius 2 is 2.40 bits per heavy atom. The molecule has 0 saturated carbocycles. The third kappa shape index (κ3) is 3.26. The van der Waals surface area contributed by atoms with Crippen LogP contribution in [0.15, 0.2) is 24.7 Å². The summed E-state index contributed by atoms with van der Waals surface area (Å²) in [6, 6.07) is 3.09. The maximum atomic E-state index is 10.6. The SMILES string of the molecule is N#Cc1cc([N+](=O)[O-])cnc1NCCCn1ccnn1. The average Bonchev–Trinajstić information content (AvgIpc) is 2.96. The van der Waals surface area contributed by atoms with Gasteiger partial charge in [-0.15, -0.1) is 5.10 Å². The van der Waals surface area contributed by atoms with Crippen LogP contribution in [0.1, 0.15) is 12.0 Å². The van der Waals surface area contributed by atoms with Crippen LogP contribution in [0, 0.1) is 21.4 Å². The molecule has 0 bridgehead atoms. The minimum atomic E-state index is -0.581. The molecule has 0 spiro atoms. The van der Waals surface area contributed by atoms with Crippen LogP contribution in [0.4, 0.5) is 11.5 Å². The van der Waals surface area contributed by atoms with E-state index in [-0.39, 0.29) is 11.3 Å². The van der Waals surface area contributed by atoms with Crippen molar-refractivity contribution in [3.63, 3.8) is 0 Å². The van der Waals surface area contributed by atoms with Crippen LogP contribution < -0.4 is 5.32 Å². The number of anilines is 1. The summed E-state index contributed by atoms with van der Waals surface area (Å²) in [7, 11) is 0. The molecule has 0 atom stereocenters. The molecule has 0 radical (unpaired) electrons. The van der Waals surface area contributed by atoms with Crippen molar-refractivity contribution >= 4 is 11.5 Å². The smallest absolute Gasteiger partial charge is 0.289 e. The van der Waals surface area contributed by atoms with Gasteiger partial charge in [0, 0.05) is 25.4 Å². The van der Waals surface area contributed by atoms with Crippen molar-refractivity contribution in [3.05, 3.63) is 40.3 Å². The number of rotatable bonds is 6. The molecule has 0 aliphatic heterocycles. The van der Waals surface area contributed by atoms with E-state index in [1.807, 2.05) is 6.07 Å². The van der Waals surface area contributed by atoms with Crippen LogP contribution >= 0.6 is 0 Å². The molecule has 1 N–H and O–H groups in total. The normalized spacial score (nSPS) is 9.95. The number of nitrogens with one attached hydrogen (secondary N) is 1. The van der Waals surface area contributed by atoms with Crippen molar-refractivity contribution < 1.29 is 4.92 Å². The van der Waals surface area contributed by atoms with E-state index < -0.39 is 4.92 Å². The number of hydrogen-bond acceptors (Lipinski definition) is 7. The first-order valence-corrected chi connectivity index (χ1v) is 5.83. The highest BCUT2D eigenvalue weighted by Gasteiger charge is 2.11. The lowest BCUT2D eigenvalue weighted by atomic mass is 10.2. The van der Waals surface area contributed by atoms with Crippen molar-refractivity contribution in [2.45, 2.75) is 13.0 Å². The summed E-state index contributed by atoms with van der Waals surface area (Å²) < 4.78 is 1.69. The van der Waals surface area contributed by atoms with Gasteiger partial charge in [0.15, 0.2) is 0 Å². The number of aromatic nitrogens is 4. The van der Waals surface area contributed by atoms with E-state index in [1.54, 1.807) is 17.1 Å². The van der Waals surface area contributed by atoms with Crippen LogP contribution in [0.5, 0.6) is 0 Å². The minimum Gasteiger partial charge on any atom is -0.369 e. The summed E-state index contributed by atoms with van der Waals surface area (Å²) >= 11 is 0. The Labute approximate surface area is 114 Å². The zero-order chi connectivity index (χ0) is 14.4. The number of nitriles is 1. The number of pyridine rings is 1. The molecule has 9 heteroatoms. The molecule has 0 fully saturated rings. The predicted molar refractivity (Wildman–Crippen MR) is 68.7 cm³/mol. The summed E-state index contributed by atoms with van der Waals surface area (Å²) in [5.41, 5.74) is -0.0466. The van der Waals surface area contributed by atoms with Gasteiger partial charge in [-0.3, -0.25) is 14.8 Å². The molecule has 2 rings (SSSR count). The summed E-state index contributed by atoms with van der Waals surface area (Å²) in [5.74, 6) is 0.344. The van der Waals surface area contributed by atoms with E-state index in [0.717, 1.165) is 12.6 Å². The Bertz CT molecular complexity index is 633. The number of hydrogen-bond donors (Lipinski definition) is 1. The second-order valence-corrected chi connectivity index (χ2v) is 3.91. The maximum absolute atomic E-state index is 10.6. The zero-order valence-corrected chi connectivity index (χ0v) is 10.4. The van der Waals surface area contributed by atoms with E-state index >= 15 is 0 Å². The molecule has 2 aromatic heterocycles. The summed E-state index contributed by atoms with van der Waals surface area (Å²) in [6.45, 7) is 1.25. The van der Waals surface area contributed by atoms with Gasteiger partial charge >= 0.3 is 0 Å². The molecule has 2 heterocycles. The quantitative estimate of drug-likeness (QED) is 0.472. The van der Waals surface area contributed by atoms with Crippen molar-refractivity contribution in [2.75, 3.05) is 11.9 Å². The second-order valence-electron chi connectivity index (χ2n) is 3.91. The Morgan fingerprint density at radius 3 is 3.05 bits per heavy atom.